The molecule has 0 aliphatic carbocycles. The van der Waals surface area contributed by atoms with Crippen LogP contribution in [0.2, 0.25) is 0 Å². The molecule has 0 unspecified atom stereocenters. The minimum Gasteiger partial charge on any atom is -0.461 e. The van der Waals surface area contributed by atoms with Gasteiger partial charge in [0.1, 0.15) is 0 Å². The van der Waals surface area contributed by atoms with Crippen molar-refractivity contribution in [3.63, 3.8) is 0 Å². The second-order valence-corrected chi connectivity index (χ2v) is 6.78. The summed E-state index contributed by atoms with van der Waals surface area (Å²) in [5.74, 6) is 1.53. The molecule has 3 rings (SSSR count). The Morgan fingerprint density at radius 1 is 1.22 bits per heavy atom. The first-order chi connectivity index (χ1) is 13.3. The Morgan fingerprint density at radius 2 is 2.07 bits per heavy atom. The Labute approximate surface area is 162 Å². The minimum absolute atomic E-state index is 0.0371. The van der Waals surface area contributed by atoms with Gasteiger partial charge >= 0.3 is 0 Å². The number of ether oxygens (including phenoxy) is 1. The smallest absolute Gasteiger partial charge is 0.230 e. The van der Waals surface area contributed by atoms with Crippen molar-refractivity contribution in [1.29, 1.82) is 0 Å². The summed E-state index contributed by atoms with van der Waals surface area (Å²) in [4.78, 5) is 12.0. The van der Waals surface area contributed by atoms with Gasteiger partial charge in [-0.15, -0.1) is 10.2 Å². The minimum atomic E-state index is -0.0371. The number of carbonyl (C=O) groups excluding carboxylic acids is 1. The Kier molecular flexibility index (Phi) is 7.06. The third kappa shape index (κ3) is 5.45. The number of methoxy groups -OCH3 is 1. The van der Waals surface area contributed by atoms with E-state index in [0.717, 1.165) is 12.0 Å². The number of benzene rings is 1. The molecule has 1 amide bonds. The van der Waals surface area contributed by atoms with E-state index in [0.29, 0.717) is 36.4 Å². The molecular formula is C19H22N4O3S. The molecule has 27 heavy (non-hydrogen) atoms. The van der Waals surface area contributed by atoms with Crippen molar-refractivity contribution < 1.29 is 13.9 Å². The van der Waals surface area contributed by atoms with E-state index in [1.165, 1.54) is 11.8 Å². The number of nitrogens with one attached hydrogen (secondary N) is 1. The SMILES string of the molecule is COCCCNC(=O)CSc1nnc(-c2ccco2)n1Cc1ccccc1. The highest BCUT2D eigenvalue weighted by Gasteiger charge is 2.17. The van der Waals surface area contributed by atoms with Gasteiger partial charge in [0, 0.05) is 20.3 Å². The van der Waals surface area contributed by atoms with E-state index in [9.17, 15) is 4.79 Å². The number of nitrogens with zero attached hydrogens (tertiary/aromatic N) is 3. The van der Waals surface area contributed by atoms with Gasteiger partial charge in [-0.05, 0) is 24.1 Å². The number of amides is 1. The normalized spacial score (nSPS) is 10.9. The molecule has 1 aromatic carbocycles. The lowest BCUT2D eigenvalue weighted by molar-refractivity contribution is -0.118. The van der Waals surface area contributed by atoms with Crippen LogP contribution in [0.5, 0.6) is 0 Å². The average molecular weight is 386 g/mol. The number of carbonyl (C=O) groups is 1. The highest BCUT2D eigenvalue weighted by molar-refractivity contribution is 7.99. The topological polar surface area (TPSA) is 82.2 Å². The maximum Gasteiger partial charge on any atom is 0.230 e. The first kappa shape index (κ1) is 19.2. The van der Waals surface area contributed by atoms with Crippen LogP contribution >= 0.6 is 11.8 Å². The first-order valence-corrected chi connectivity index (χ1v) is 9.66. The predicted molar refractivity (Wildman–Crippen MR) is 103 cm³/mol. The summed E-state index contributed by atoms with van der Waals surface area (Å²) in [6, 6.07) is 13.7. The maximum atomic E-state index is 12.0. The number of hydrogen-bond donors (Lipinski definition) is 1. The van der Waals surface area contributed by atoms with E-state index in [2.05, 4.69) is 15.5 Å². The van der Waals surface area contributed by atoms with Gasteiger partial charge < -0.3 is 14.5 Å². The van der Waals surface area contributed by atoms with Crippen LogP contribution in [0.15, 0.2) is 58.3 Å². The molecule has 0 spiro atoms. The lowest BCUT2D eigenvalue weighted by Crippen LogP contribution is -2.27. The first-order valence-electron chi connectivity index (χ1n) is 8.67. The molecule has 2 heterocycles. The number of hydrogen-bond acceptors (Lipinski definition) is 6. The Morgan fingerprint density at radius 3 is 2.81 bits per heavy atom. The highest BCUT2D eigenvalue weighted by atomic mass is 32.2. The fraction of sp³-hybridized carbons (Fsp3) is 0.316. The van der Waals surface area contributed by atoms with E-state index in [1.807, 2.05) is 47.0 Å². The summed E-state index contributed by atoms with van der Waals surface area (Å²) in [5, 5.41) is 12.1. The van der Waals surface area contributed by atoms with Crippen LogP contribution in [0.1, 0.15) is 12.0 Å². The molecule has 0 bridgehead atoms. The summed E-state index contributed by atoms with van der Waals surface area (Å²) in [6.45, 7) is 1.83. The third-order valence-corrected chi connectivity index (χ3v) is 4.79. The second-order valence-electron chi connectivity index (χ2n) is 5.84. The number of aromatic nitrogens is 3. The van der Waals surface area contributed by atoms with Gasteiger partial charge in [-0.3, -0.25) is 9.36 Å². The predicted octanol–water partition coefficient (Wildman–Crippen LogP) is 2.83. The molecule has 0 atom stereocenters. The van der Waals surface area contributed by atoms with Gasteiger partial charge in [0.25, 0.3) is 0 Å². The van der Waals surface area contributed by atoms with Crippen LogP contribution in [0.4, 0.5) is 0 Å². The summed E-state index contributed by atoms with van der Waals surface area (Å²) in [7, 11) is 1.65. The molecule has 0 fully saturated rings. The van der Waals surface area contributed by atoms with E-state index in [-0.39, 0.29) is 11.7 Å². The average Bonchev–Trinajstić information content (AvgIpc) is 3.34. The van der Waals surface area contributed by atoms with Crippen molar-refractivity contribution in [2.24, 2.45) is 0 Å². The lowest BCUT2D eigenvalue weighted by atomic mass is 10.2. The molecule has 0 aliphatic rings. The van der Waals surface area contributed by atoms with Crippen molar-refractivity contribution in [2.45, 2.75) is 18.1 Å². The van der Waals surface area contributed by atoms with Gasteiger partial charge in [-0.1, -0.05) is 42.1 Å². The van der Waals surface area contributed by atoms with E-state index in [4.69, 9.17) is 9.15 Å². The van der Waals surface area contributed by atoms with Crippen LogP contribution in [0.3, 0.4) is 0 Å². The second kappa shape index (κ2) is 9.94. The van der Waals surface area contributed by atoms with E-state index in [1.54, 1.807) is 13.4 Å². The molecule has 142 valence electrons. The quantitative estimate of drug-likeness (QED) is 0.426. The Bertz CT molecular complexity index is 834. The fourth-order valence-corrected chi connectivity index (χ4v) is 3.29. The summed E-state index contributed by atoms with van der Waals surface area (Å²) in [6.07, 6.45) is 2.40. The summed E-state index contributed by atoms with van der Waals surface area (Å²) >= 11 is 1.36. The standard InChI is InChI=1S/C19H22N4O3S/c1-25-11-6-10-20-17(24)14-27-19-22-21-18(16-9-5-12-26-16)23(19)13-15-7-3-2-4-8-15/h2-5,7-9,12H,6,10-11,13-14H2,1H3,(H,20,24). The molecule has 8 heteroatoms. The van der Waals surface area contributed by atoms with Crippen LogP contribution in [-0.4, -0.2) is 46.7 Å². The fourth-order valence-electron chi connectivity index (χ4n) is 2.52. The Balaban J connectivity index is 1.70. The van der Waals surface area contributed by atoms with Gasteiger partial charge in [0.15, 0.2) is 10.9 Å². The van der Waals surface area contributed by atoms with Crippen LogP contribution in [0.25, 0.3) is 11.6 Å². The highest BCUT2D eigenvalue weighted by Crippen LogP contribution is 2.25. The zero-order valence-corrected chi connectivity index (χ0v) is 15.9. The van der Waals surface area contributed by atoms with Gasteiger partial charge in [0.2, 0.25) is 11.7 Å². The molecule has 2 aromatic heterocycles. The van der Waals surface area contributed by atoms with Crippen molar-refractivity contribution in [3.8, 4) is 11.6 Å². The molecule has 0 saturated heterocycles. The maximum absolute atomic E-state index is 12.0. The van der Waals surface area contributed by atoms with Gasteiger partial charge in [-0.2, -0.15) is 0 Å². The van der Waals surface area contributed by atoms with Crippen molar-refractivity contribution >= 4 is 17.7 Å². The zero-order valence-electron chi connectivity index (χ0n) is 15.1. The summed E-state index contributed by atoms with van der Waals surface area (Å²) in [5.41, 5.74) is 1.12. The van der Waals surface area contributed by atoms with Gasteiger partial charge in [-0.25, -0.2) is 0 Å². The lowest BCUT2D eigenvalue weighted by Gasteiger charge is -2.09. The van der Waals surface area contributed by atoms with E-state index >= 15 is 0 Å². The number of rotatable bonds is 10. The third-order valence-electron chi connectivity index (χ3n) is 3.82. The molecule has 3 aromatic rings. The van der Waals surface area contributed by atoms with Gasteiger partial charge in [0.05, 0.1) is 18.6 Å². The number of thioether (sulfide) groups is 1. The van der Waals surface area contributed by atoms with Crippen LogP contribution < -0.4 is 5.32 Å². The molecular weight excluding hydrogens is 364 g/mol. The number of furan rings is 1. The largest absolute Gasteiger partial charge is 0.461 e. The molecule has 0 saturated carbocycles. The zero-order chi connectivity index (χ0) is 18.9. The molecule has 1 N–H and O–H groups in total. The van der Waals surface area contributed by atoms with E-state index < -0.39 is 0 Å². The summed E-state index contributed by atoms with van der Waals surface area (Å²) < 4.78 is 12.4. The van der Waals surface area contributed by atoms with Crippen LogP contribution in [-0.2, 0) is 16.1 Å². The Hall–Kier alpha value is -2.58. The van der Waals surface area contributed by atoms with Crippen molar-refractivity contribution in [3.05, 3.63) is 54.3 Å². The van der Waals surface area contributed by atoms with Crippen molar-refractivity contribution in [2.75, 3.05) is 26.0 Å². The van der Waals surface area contributed by atoms with Crippen LogP contribution in [0, 0.1) is 0 Å². The molecule has 7 nitrogen and oxygen atoms in total. The monoisotopic (exact) mass is 386 g/mol. The molecule has 0 radical (unpaired) electrons. The van der Waals surface area contributed by atoms with Crippen molar-refractivity contribution in [1.82, 2.24) is 20.1 Å². The molecule has 0 aliphatic heterocycles.